The summed E-state index contributed by atoms with van der Waals surface area (Å²) in [5.74, 6) is -8.16. The maximum Gasteiger partial charge on any atom is 0.253 e. The van der Waals surface area contributed by atoms with E-state index in [1.54, 1.807) is 203 Å². The third-order valence-electron chi connectivity index (χ3n) is 14.5. The lowest BCUT2D eigenvalue weighted by Gasteiger charge is -2.38. The molecule has 9 unspecified atom stereocenters. The van der Waals surface area contributed by atoms with Crippen molar-refractivity contribution >= 4 is 274 Å². The molecule has 9 atom stereocenters. The fourth-order valence-corrected chi connectivity index (χ4v) is 23.7. The van der Waals surface area contributed by atoms with Crippen molar-refractivity contribution in [3.8, 4) is 0 Å². The number of anilines is 3. The fourth-order valence-electron chi connectivity index (χ4n) is 9.56. The van der Waals surface area contributed by atoms with Crippen molar-refractivity contribution in [2.75, 3.05) is 113 Å². The van der Waals surface area contributed by atoms with Gasteiger partial charge in [-0.25, -0.2) is 0 Å². The highest BCUT2D eigenvalue weighted by Crippen LogP contribution is 2.43. The van der Waals surface area contributed by atoms with Gasteiger partial charge in [0, 0.05) is 90.0 Å². The highest BCUT2D eigenvalue weighted by molar-refractivity contribution is 14.1. The number of benzene rings is 3. The number of halogens is 9. The van der Waals surface area contributed by atoms with Crippen LogP contribution in [0.1, 0.15) is 102 Å². The number of hydrogen-bond acceptors (Lipinski definition) is 25. The maximum atomic E-state index is 14.1. The second-order valence-electron chi connectivity index (χ2n) is 22.6. The van der Waals surface area contributed by atoms with Crippen molar-refractivity contribution in [2.45, 2.75) is 101 Å². The lowest BCUT2D eigenvalue weighted by atomic mass is 9.84. The van der Waals surface area contributed by atoms with Gasteiger partial charge < -0.3 is 128 Å². The Bertz CT molecular complexity index is 2990. The first-order valence-electron chi connectivity index (χ1n) is 29.8. The quantitative estimate of drug-likeness (QED) is 0.0254. The zero-order valence-corrected chi connectivity index (χ0v) is 72.9. The molecule has 0 fully saturated rings. The molecular formula is C58H76I9N9O25. The van der Waals surface area contributed by atoms with E-state index in [1.165, 1.54) is 0 Å². The Morgan fingerprint density at radius 1 is 0.297 bits per heavy atom. The van der Waals surface area contributed by atoms with Crippen molar-refractivity contribution in [3.05, 3.63) is 65.5 Å². The van der Waals surface area contributed by atoms with Crippen LogP contribution in [0.2, 0.25) is 0 Å². The molecule has 3 aromatic rings. The van der Waals surface area contributed by atoms with E-state index in [9.17, 15) is 125 Å². The second-order valence-corrected chi connectivity index (χ2v) is 32.3. The van der Waals surface area contributed by atoms with Crippen molar-refractivity contribution in [2.24, 2.45) is 0 Å². The molecule has 3 aromatic carbocycles. The van der Waals surface area contributed by atoms with Crippen LogP contribution in [0.25, 0.3) is 0 Å². The highest BCUT2D eigenvalue weighted by atomic mass is 127. The maximum absolute atomic E-state index is 14.1. The van der Waals surface area contributed by atoms with Gasteiger partial charge in [-0.2, -0.15) is 0 Å². The molecule has 0 bridgehead atoms. The summed E-state index contributed by atoms with van der Waals surface area (Å²) in [7, 11) is 0. The first-order valence-corrected chi connectivity index (χ1v) is 39.5. The van der Waals surface area contributed by atoms with Gasteiger partial charge in [0.1, 0.15) is 0 Å². The minimum Gasteiger partial charge on any atom is -0.394 e. The Kier molecular flexibility index (Phi) is 41.4. The topological polar surface area (TPSA) is 559 Å². The molecule has 566 valence electrons. The SMILES string of the molecule is CC(=O)N(CC(O)CC(O)(CC(O)CN(C(C)=O)c1c(I)c(C(=O)NCC(O)CO)c(I)c(C(=O)NCC(O)CO)c1I)CC(O)CN(C(C)=O)c1c(I)c(C(=O)NCC(O)CO)c(I)c(C(=O)NCC(O)CO)c1I)c1c(I)c(C(=O)NCC(O)CO)c(I)c(C(=O)NCC(O)CO)c1I. The highest BCUT2D eigenvalue weighted by Gasteiger charge is 2.42. The Morgan fingerprint density at radius 2 is 0.446 bits per heavy atom. The molecule has 9 amide bonds. The first kappa shape index (κ1) is 94.0. The van der Waals surface area contributed by atoms with Gasteiger partial charge in [-0.05, 0) is 203 Å². The summed E-state index contributed by atoms with van der Waals surface area (Å²) < 4.78 is -0.275. The summed E-state index contributed by atoms with van der Waals surface area (Å²) in [6.45, 7) is -7.03. The number of rotatable bonds is 39. The molecule has 22 N–H and O–H groups in total. The molecule has 3 rings (SSSR count). The zero-order valence-electron chi connectivity index (χ0n) is 53.5. The van der Waals surface area contributed by atoms with Crippen molar-refractivity contribution < 1.29 is 125 Å². The molecule has 43 heteroatoms. The second kappa shape index (κ2) is 44.5. The standard InChI is InChI=1S/C58H76I9N9O25/c1-22(83)74(49-43(62)34(52(95)68-7-28(89)16-77)40(59)35(44(49)63)53(96)69-8-29(90)17-78)13-25(86)4-58(101,5-26(87)14-75(23(2)84)50-45(64)36(54(97)70-9-30(91)18-79)41(60)37(46(50)65)55(98)71-10-31(92)19-80)6-27(88)15-76(24(3)85)51-47(66)38(56(99)72-11-32(93)20-81)42(61)39(48(51)67)57(100)73-12-33(94)21-82/h25-33,77-82,86-94,101H,4-21H2,1-3H3,(H,68,95)(H,69,96)(H,70,97)(H,71,98)(H,72,99)(H,73,100). The van der Waals surface area contributed by atoms with E-state index in [0.717, 1.165) is 35.5 Å². The lowest BCUT2D eigenvalue weighted by molar-refractivity contribution is -0.117. The van der Waals surface area contributed by atoms with E-state index in [4.69, 9.17) is 0 Å². The molecule has 0 aliphatic carbocycles. The number of aliphatic hydroxyl groups is 16. The van der Waals surface area contributed by atoms with Crippen LogP contribution in [-0.2, 0) is 14.4 Å². The van der Waals surface area contributed by atoms with Crippen molar-refractivity contribution in [1.82, 2.24) is 31.9 Å². The molecule has 0 aliphatic heterocycles. The van der Waals surface area contributed by atoms with E-state index < -0.39 is 232 Å². The Hall–Kier alpha value is -1.18. The fraction of sp³-hybridized carbons (Fsp3) is 0.534. The van der Waals surface area contributed by atoms with Crippen LogP contribution < -0.4 is 46.6 Å². The normalized spacial score (nSPS) is 14.7. The van der Waals surface area contributed by atoms with Gasteiger partial charge in [0.2, 0.25) is 17.7 Å². The van der Waals surface area contributed by atoms with Crippen LogP contribution in [-0.4, -0.2) is 294 Å². The third kappa shape index (κ3) is 26.3. The summed E-state index contributed by atoms with van der Waals surface area (Å²) in [6.07, 6.45) is -17.5. The van der Waals surface area contributed by atoms with Gasteiger partial charge >= 0.3 is 0 Å². The number of amides is 9. The summed E-state index contributed by atoms with van der Waals surface area (Å²) in [5.41, 5.74) is -4.77. The number of nitrogens with one attached hydrogen (secondary N) is 6. The van der Waals surface area contributed by atoms with Crippen LogP contribution >= 0.6 is 203 Å². The number of carbonyl (C=O) groups is 9. The Labute approximate surface area is 700 Å². The van der Waals surface area contributed by atoms with Crippen LogP contribution in [0.5, 0.6) is 0 Å². The zero-order chi connectivity index (χ0) is 77.0. The molecule has 0 aromatic heterocycles. The average molecular weight is 2440 g/mol. The molecule has 0 saturated heterocycles. The lowest BCUT2D eigenvalue weighted by Crippen LogP contribution is -2.49. The number of hydrogen-bond donors (Lipinski definition) is 22. The Morgan fingerprint density at radius 3 is 0.574 bits per heavy atom. The predicted molar refractivity (Wildman–Crippen MR) is 437 cm³/mol. The van der Waals surface area contributed by atoms with Gasteiger partial charge in [0.15, 0.2) is 0 Å². The predicted octanol–water partition coefficient (Wildman–Crippen LogP) is -2.93. The summed E-state index contributed by atoms with van der Waals surface area (Å²) in [4.78, 5) is 130. The van der Waals surface area contributed by atoms with E-state index in [0.29, 0.717) is 0 Å². The smallest absolute Gasteiger partial charge is 0.253 e. The summed E-state index contributed by atoms with van der Waals surface area (Å²) >= 11 is 15.3. The van der Waals surface area contributed by atoms with Crippen LogP contribution in [0.15, 0.2) is 0 Å². The average Bonchev–Trinajstić information content (AvgIpc) is 0.770. The number of aliphatic hydroxyl groups excluding tert-OH is 15. The first-order chi connectivity index (χ1) is 47.1. The molecule has 0 heterocycles. The molecule has 0 saturated carbocycles. The van der Waals surface area contributed by atoms with Gasteiger partial charge in [-0.3, -0.25) is 43.2 Å². The van der Waals surface area contributed by atoms with E-state index >= 15 is 0 Å². The largest absolute Gasteiger partial charge is 0.394 e. The number of nitrogens with zero attached hydrogens (tertiary/aromatic N) is 3. The van der Waals surface area contributed by atoms with Gasteiger partial charge in [-0.1, -0.05) is 0 Å². The summed E-state index contributed by atoms with van der Waals surface area (Å²) in [5, 5.41) is 183. The molecular weight excluding hydrogens is 2360 g/mol. The molecule has 101 heavy (non-hydrogen) atoms. The van der Waals surface area contributed by atoms with Crippen molar-refractivity contribution in [1.29, 1.82) is 0 Å². The summed E-state index contributed by atoms with van der Waals surface area (Å²) in [6, 6.07) is 0. The van der Waals surface area contributed by atoms with Gasteiger partial charge in [0.05, 0.1) is 192 Å². The number of carbonyl (C=O) groups excluding carboxylic acids is 9. The molecule has 0 aliphatic rings. The third-order valence-corrected chi connectivity index (χ3v) is 24.0. The minimum atomic E-state index is -2.65. The molecule has 34 nitrogen and oxygen atoms in total. The molecule has 0 spiro atoms. The minimum absolute atomic E-state index is 0.0264. The van der Waals surface area contributed by atoms with Crippen LogP contribution in [0.4, 0.5) is 17.1 Å². The van der Waals surface area contributed by atoms with E-state index in [2.05, 4.69) is 31.9 Å². The van der Waals surface area contributed by atoms with Gasteiger partial charge in [0.25, 0.3) is 35.4 Å². The van der Waals surface area contributed by atoms with Crippen LogP contribution in [0, 0.1) is 32.1 Å². The van der Waals surface area contributed by atoms with Crippen molar-refractivity contribution in [3.63, 3.8) is 0 Å². The van der Waals surface area contributed by atoms with Gasteiger partial charge in [-0.15, -0.1) is 0 Å². The van der Waals surface area contributed by atoms with Crippen LogP contribution in [0.3, 0.4) is 0 Å². The van der Waals surface area contributed by atoms with E-state index in [-0.39, 0.29) is 82.6 Å². The monoisotopic (exact) mass is 2440 g/mol. The van der Waals surface area contributed by atoms with E-state index in [1.807, 2.05) is 0 Å². The Balaban J connectivity index is 2.48. The molecule has 0 radical (unpaired) electrons.